The molecule has 0 saturated carbocycles. The normalized spacial score (nSPS) is 27.1. The second kappa shape index (κ2) is 6.54. The van der Waals surface area contributed by atoms with Crippen LogP contribution in [-0.2, 0) is 15.0 Å². The van der Waals surface area contributed by atoms with Crippen molar-refractivity contribution in [2.24, 2.45) is 5.92 Å². The monoisotopic (exact) mass is 339 g/mol. The summed E-state index contributed by atoms with van der Waals surface area (Å²) in [7, 11) is -3.59. The fourth-order valence-corrected chi connectivity index (χ4v) is 5.10. The van der Waals surface area contributed by atoms with Crippen molar-refractivity contribution in [2.45, 2.75) is 25.2 Å². The first kappa shape index (κ1) is 16.4. The molecule has 2 aliphatic heterocycles. The molecular formula is C15H21N3O4S. The molecule has 2 saturated heterocycles. The van der Waals surface area contributed by atoms with E-state index in [-0.39, 0.29) is 13.1 Å². The summed E-state index contributed by atoms with van der Waals surface area (Å²) < 4.78 is 28.3. The lowest BCUT2D eigenvalue weighted by atomic mass is 9.93. The van der Waals surface area contributed by atoms with Crippen LogP contribution < -0.4 is 0 Å². The van der Waals surface area contributed by atoms with Crippen LogP contribution in [0.5, 0.6) is 0 Å². The SMILES string of the molecule is O=C(O)[C@@H]1CN(S(=O)(=O)N2CCCCC2)C[C@H]1c1ccccn1. The van der Waals surface area contributed by atoms with Gasteiger partial charge in [0.05, 0.1) is 5.92 Å². The molecule has 0 radical (unpaired) electrons. The molecule has 0 spiro atoms. The predicted molar refractivity (Wildman–Crippen MR) is 84.0 cm³/mol. The third-order valence-electron chi connectivity index (χ3n) is 4.64. The molecule has 0 aromatic carbocycles. The maximum atomic E-state index is 12.8. The molecule has 0 amide bonds. The average molecular weight is 339 g/mol. The Morgan fingerprint density at radius 2 is 1.87 bits per heavy atom. The summed E-state index contributed by atoms with van der Waals surface area (Å²) in [5, 5.41) is 9.48. The van der Waals surface area contributed by atoms with Crippen LogP contribution in [0.25, 0.3) is 0 Å². The third-order valence-corrected chi connectivity index (χ3v) is 6.61. The van der Waals surface area contributed by atoms with Crippen LogP contribution in [0.4, 0.5) is 0 Å². The van der Waals surface area contributed by atoms with Crippen molar-refractivity contribution in [3.05, 3.63) is 30.1 Å². The molecule has 1 aromatic heterocycles. The quantitative estimate of drug-likeness (QED) is 0.880. The predicted octanol–water partition coefficient (Wildman–Crippen LogP) is 0.912. The van der Waals surface area contributed by atoms with Crippen molar-refractivity contribution in [1.82, 2.24) is 13.6 Å². The van der Waals surface area contributed by atoms with Gasteiger partial charge in [-0.2, -0.15) is 17.0 Å². The fraction of sp³-hybridized carbons (Fsp3) is 0.600. The van der Waals surface area contributed by atoms with Gasteiger partial charge in [0.15, 0.2) is 0 Å². The van der Waals surface area contributed by atoms with Gasteiger partial charge in [-0.1, -0.05) is 12.5 Å². The first-order chi connectivity index (χ1) is 11.0. The summed E-state index contributed by atoms with van der Waals surface area (Å²) >= 11 is 0. The summed E-state index contributed by atoms with van der Waals surface area (Å²) in [5.74, 6) is -2.14. The number of hydrogen-bond donors (Lipinski definition) is 1. The zero-order valence-electron chi connectivity index (χ0n) is 12.8. The molecule has 126 valence electrons. The summed E-state index contributed by atoms with van der Waals surface area (Å²) in [6.45, 7) is 1.22. The van der Waals surface area contributed by atoms with Crippen LogP contribution in [0.3, 0.4) is 0 Å². The first-order valence-electron chi connectivity index (χ1n) is 7.89. The van der Waals surface area contributed by atoms with Gasteiger partial charge < -0.3 is 5.11 Å². The Balaban J connectivity index is 1.84. The average Bonchev–Trinajstić information content (AvgIpc) is 3.03. The van der Waals surface area contributed by atoms with Crippen LogP contribution in [-0.4, -0.2) is 59.3 Å². The Labute approximate surface area is 136 Å². The van der Waals surface area contributed by atoms with Crippen molar-refractivity contribution in [1.29, 1.82) is 0 Å². The minimum atomic E-state index is -3.59. The molecule has 2 aliphatic rings. The van der Waals surface area contributed by atoms with E-state index in [1.54, 1.807) is 24.4 Å². The molecule has 8 heteroatoms. The zero-order valence-corrected chi connectivity index (χ0v) is 13.7. The van der Waals surface area contributed by atoms with Crippen LogP contribution in [0.15, 0.2) is 24.4 Å². The molecule has 3 heterocycles. The lowest BCUT2D eigenvalue weighted by molar-refractivity contribution is -0.141. The Bertz CT molecular complexity index is 659. The number of hydrogen-bond acceptors (Lipinski definition) is 4. The molecular weight excluding hydrogens is 318 g/mol. The van der Waals surface area contributed by atoms with Gasteiger partial charge in [0.1, 0.15) is 0 Å². The highest BCUT2D eigenvalue weighted by Crippen LogP contribution is 2.34. The molecule has 2 atom stereocenters. The zero-order chi connectivity index (χ0) is 16.4. The van der Waals surface area contributed by atoms with Crippen LogP contribution >= 0.6 is 0 Å². The number of aromatic nitrogens is 1. The van der Waals surface area contributed by atoms with E-state index in [1.807, 2.05) is 0 Å². The first-order valence-corrected chi connectivity index (χ1v) is 9.29. The number of carboxylic acids is 1. The van der Waals surface area contributed by atoms with Crippen LogP contribution in [0, 0.1) is 5.92 Å². The summed E-state index contributed by atoms with van der Waals surface area (Å²) in [4.78, 5) is 15.8. The Kier molecular flexibility index (Phi) is 4.65. The highest BCUT2D eigenvalue weighted by atomic mass is 32.2. The highest BCUT2D eigenvalue weighted by molar-refractivity contribution is 7.86. The lowest BCUT2D eigenvalue weighted by Gasteiger charge is -2.30. The summed E-state index contributed by atoms with van der Waals surface area (Å²) in [6, 6.07) is 5.32. The molecule has 2 fully saturated rings. The molecule has 7 nitrogen and oxygen atoms in total. The Morgan fingerprint density at radius 3 is 2.48 bits per heavy atom. The number of pyridine rings is 1. The van der Waals surface area contributed by atoms with Gasteiger partial charge >= 0.3 is 5.97 Å². The molecule has 3 rings (SSSR count). The van der Waals surface area contributed by atoms with Crippen molar-refractivity contribution in [3.63, 3.8) is 0 Å². The number of aliphatic carboxylic acids is 1. The van der Waals surface area contributed by atoms with E-state index in [0.29, 0.717) is 18.8 Å². The summed E-state index contributed by atoms with van der Waals surface area (Å²) in [6.07, 6.45) is 4.37. The molecule has 23 heavy (non-hydrogen) atoms. The molecule has 1 aromatic rings. The van der Waals surface area contributed by atoms with E-state index in [1.165, 1.54) is 8.61 Å². The second-order valence-corrected chi connectivity index (χ2v) is 8.02. The van der Waals surface area contributed by atoms with Crippen LogP contribution in [0.1, 0.15) is 30.9 Å². The topological polar surface area (TPSA) is 90.8 Å². The maximum Gasteiger partial charge on any atom is 0.308 e. The van der Waals surface area contributed by atoms with Gasteiger partial charge in [-0.05, 0) is 25.0 Å². The molecule has 0 aliphatic carbocycles. The van der Waals surface area contributed by atoms with E-state index < -0.39 is 28.0 Å². The molecule has 0 unspecified atom stereocenters. The fourth-order valence-electron chi connectivity index (χ4n) is 3.36. The van der Waals surface area contributed by atoms with Crippen molar-refractivity contribution in [3.8, 4) is 0 Å². The molecule has 0 bridgehead atoms. The standard InChI is InChI=1S/C15H21N3O4S/c19-15(20)13-11-18(10-12(13)14-6-2-3-7-16-14)23(21,22)17-8-4-1-5-9-17/h2-3,6-7,12-13H,1,4-5,8-11H2,(H,19,20)/t12-,13-/m1/s1. The number of piperidine rings is 1. The maximum absolute atomic E-state index is 12.8. The van der Waals surface area contributed by atoms with Gasteiger partial charge in [-0.3, -0.25) is 9.78 Å². The lowest BCUT2D eigenvalue weighted by Crippen LogP contribution is -2.45. The smallest absolute Gasteiger partial charge is 0.308 e. The number of rotatable bonds is 4. The van der Waals surface area contributed by atoms with Gasteiger partial charge in [-0.25, -0.2) is 0 Å². The Hall–Kier alpha value is -1.51. The van der Waals surface area contributed by atoms with Gasteiger partial charge in [0, 0.05) is 44.0 Å². The van der Waals surface area contributed by atoms with Crippen molar-refractivity contribution in [2.75, 3.05) is 26.2 Å². The van der Waals surface area contributed by atoms with Crippen molar-refractivity contribution >= 4 is 16.2 Å². The van der Waals surface area contributed by atoms with E-state index in [0.717, 1.165) is 19.3 Å². The van der Waals surface area contributed by atoms with E-state index in [9.17, 15) is 18.3 Å². The minimum Gasteiger partial charge on any atom is -0.481 e. The summed E-state index contributed by atoms with van der Waals surface area (Å²) in [5.41, 5.74) is 0.635. The van der Waals surface area contributed by atoms with Crippen LogP contribution in [0.2, 0.25) is 0 Å². The number of carboxylic acid groups (broad SMARTS) is 1. The number of carbonyl (C=O) groups is 1. The van der Waals surface area contributed by atoms with Gasteiger partial charge in [0.2, 0.25) is 0 Å². The van der Waals surface area contributed by atoms with E-state index in [2.05, 4.69) is 4.98 Å². The second-order valence-electron chi connectivity index (χ2n) is 6.09. The third kappa shape index (κ3) is 3.24. The Morgan fingerprint density at radius 1 is 1.13 bits per heavy atom. The minimum absolute atomic E-state index is 0.00933. The van der Waals surface area contributed by atoms with Gasteiger partial charge in [0.25, 0.3) is 10.2 Å². The number of nitrogens with zero attached hydrogens (tertiary/aromatic N) is 3. The molecule has 1 N–H and O–H groups in total. The van der Waals surface area contributed by atoms with Gasteiger partial charge in [-0.15, -0.1) is 0 Å². The van der Waals surface area contributed by atoms with E-state index >= 15 is 0 Å². The highest BCUT2D eigenvalue weighted by Gasteiger charge is 2.45. The van der Waals surface area contributed by atoms with Crippen molar-refractivity contribution < 1.29 is 18.3 Å². The largest absolute Gasteiger partial charge is 0.481 e. The van der Waals surface area contributed by atoms with E-state index in [4.69, 9.17) is 0 Å².